The molecule has 0 bridgehead atoms. The zero-order chi connectivity index (χ0) is 22.3. The van der Waals surface area contributed by atoms with E-state index in [1.165, 1.54) is 20.2 Å². The summed E-state index contributed by atoms with van der Waals surface area (Å²) >= 11 is 0. The van der Waals surface area contributed by atoms with Crippen LogP contribution in [-0.4, -0.2) is 87.9 Å². The maximum atomic E-state index is 12.4. The highest BCUT2D eigenvalue weighted by Gasteiger charge is 2.24. The molecule has 0 saturated carbocycles. The van der Waals surface area contributed by atoms with Gasteiger partial charge in [-0.05, 0) is 17.5 Å². The second-order valence-electron chi connectivity index (χ2n) is 7.91. The summed E-state index contributed by atoms with van der Waals surface area (Å²) in [6.45, 7) is 6.86. The number of nitrogens with zero attached hydrogens (tertiary/aromatic N) is 3. The van der Waals surface area contributed by atoms with Crippen molar-refractivity contribution in [3.8, 4) is 0 Å². The van der Waals surface area contributed by atoms with Crippen molar-refractivity contribution in [3.05, 3.63) is 29.8 Å². The Balaban J connectivity index is 1.83. The predicted octanol–water partition coefficient (Wildman–Crippen LogP) is 0.963. The van der Waals surface area contributed by atoms with Crippen LogP contribution in [0.1, 0.15) is 19.4 Å². The van der Waals surface area contributed by atoms with Gasteiger partial charge in [0.2, 0.25) is 15.9 Å². The third kappa shape index (κ3) is 6.68. The predicted molar refractivity (Wildman–Crippen MR) is 113 cm³/mol. The fraction of sp³-hybridized carbons (Fsp3) is 0.600. The quantitative estimate of drug-likeness (QED) is 0.647. The molecule has 1 heterocycles. The molecule has 1 aliphatic rings. The largest absolute Gasteiger partial charge is 0.449 e. The van der Waals surface area contributed by atoms with Crippen LogP contribution >= 0.6 is 0 Å². The van der Waals surface area contributed by atoms with Gasteiger partial charge in [0, 0.05) is 46.8 Å². The van der Waals surface area contributed by atoms with Crippen LogP contribution in [0.5, 0.6) is 0 Å². The van der Waals surface area contributed by atoms with E-state index >= 15 is 0 Å². The van der Waals surface area contributed by atoms with E-state index in [9.17, 15) is 18.0 Å². The van der Waals surface area contributed by atoms with Gasteiger partial charge in [0.05, 0.1) is 18.0 Å². The Morgan fingerprint density at radius 3 is 2.37 bits per heavy atom. The smallest absolute Gasteiger partial charge is 0.409 e. The molecule has 2 amide bonds. The van der Waals surface area contributed by atoms with Gasteiger partial charge in [0.1, 0.15) is 0 Å². The van der Waals surface area contributed by atoms with Gasteiger partial charge in [-0.25, -0.2) is 17.5 Å². The van der Waals surface area contributed by atoms with Crippen LogP contribution in [0.15, 0.2) is 29.2 Å². The summed E-state index contributed by atoms with van der Waals surface area (Å²) in [6, 6.07) is 6.63. The third-order valence-corrected chi connectivity index (χ3v) is 6.66. The van der Waals surface area contributed by atoms with Crippen molar-refractivity contribution in [1.29, 1.82) is 0 Å². The molecule has 0 spiro atoms. The number of hydrogen-bond donors (Lipinski definition) is 1. The molecule has 1 saturated heterocycles. The second-order valence-corrected chi connectivity index (χ2v) is 10.0. The number of carbonyl (C=O) groups is 2. The molecule has 168 valence electrons. The van der Waals surface area contributed by atoms with Crippen LogP contribution in [0.2, 0.25) is 0 Å². The lowest BCUT2D eigenvalue weighted by atomic mass is 10.2. The van der Waals surface area contributed by atoms with Gasteiger partial charge in [-0.1, -0.05) is 32.0 Å². The highest BCUT2D eigenvalue weighted by molar-refractivity contribution is 7.89. The number of carbonyl (C=O) groups excluding carboxylic acids is 2. The molecular weight excluding hydrogens is 408 g/mol. The standard InChI is InChI=1S/C20H32N4O5S/c1-16(2)15-29-20(26)24-11-9-23(10-12-24)14-19(25)21-13-17-7-5-6-8-18(17)30(27,28)22(3)4/h5-8,16H,9-15H2,1-4H3,(H,21,25). The number of ether oxygens (including phenoxy) is 1. The van der Waals surface area contributed by atoms with Crippen molar-refractivity contribution < 1.29 is 22.7 Å². The van der Waals surface area contributed by atoms with Crippen molar-refractivity contribution in [2.75, 3.05) is 53.4 Å². The first-order chi connectivity index (χ1) is 14.1. The Bertz CT molecular complexity index is 833. The highest BCUT2D eigenvalue weighted by Crippen LogP contribution is 2.18. The molecule has 0 unspecified atom stereocenters. The summed E-state index contributed by atoms with van der Waals surface area (Å²) in [6.07, 6.45) is -0.313. The molecule has 1 fully saturated rings. The van der Waals surface area contributed by atoms with Crippen LogP contribution in [0.25, 0.3) is 0 Å². The van der Waals surface area contributed by atoms with E-state index in [2.05, 4.69) is 5.32 Å². The van der Waals surface area contributed by atoms with Crippen molar-refractivity contribution in [3.63, 3.8) is 0 Å². The molecule has 1 N–H and O–H groups in total. The SMILES string of the molecule is CC(C)COC(=O)N1CCN(CC(=O)NCc2ccccc2S(=O)(=O)N(C)C)CC1. The first-order valence-corrected chi connectivity index (χ1v) is 11.5. The van der Waals surface area contributed by atoms with Crippen molar-refractivity contribution >= 4 is 22.0 Å². The van der Waals surface area contributed by atoms with Gasteiger partial charge in [0.25, 0.3) is 0 Å². The summed E-state index contributed by atoms with van der Waals surface area (Å²) in [5.41, 5.74) is 0.539. The zero-order valence-electron chi connectivity index (χ0n) is 18.1. The van der Waals surface area contributed by atoms with E-state index in [1.54, 1.807) is 23.1 Å². The van der Waals surface area contributed by atoms with E-state index < -0.39 is 10.0 Å². The van der Waals surface area contributed by atoms with E-state index in [-0.39, 0.29) is 35.9 Å². The fourth-order valence-corrected chi connectivity index (χ4v) is 4.08. The van der Waals surface area contributed by atoms with Gasteiger partial charge >= 0.3 is 6.09 Å². The molecule has 9 nitrogen and oxygen atoms in total. The lowest BCUT2D eigenvalue weighted by molar-refractivity contribution is -0.122. The number of piperazine rings is 1. The summed E-state index contributed by atoms with van der Waals surface area (Å²) in [5.74, 6) is 0.0969. The molecule has 0 aliphatic carbocycles. The number of sulfonamides is 1. The van der Waals surface area contributed by atoms with Crippen molar-refractivity contribution in [2.24, 2.45) is 5.92 Å². The summed E-state index contributed by atoms with van der Waals surface area (Å²) in [5, 5.41) is 2.80. The van der Waals surface area contributed by atoms with Gasteiger partial charge in [-0.15, -0.1) is 0 Å². The number of amides is 2. The lowest BCUT2D eigenvalue weighted by Gasteiger charge is -2.33. The van der Waals surface area contributed by atoms with Crippen LogP contribution < -0.4 is 5.32 Å². The molecule has 0 radical (unpaired) electrons. The fourth-order valence-electron chi connectivity index (χ4n) is 2.97. The van der Waals surface area contributed by atoms with E-state index in [4.69, 9.17) is 4.74 Å². The number of rotatable bonds is 8. The molecule has 30 heavy (non-hydrogen) atoms. The van der Waals surface area contributed by atoms with Crippen molar-refractivity contribution in [2.45, 2.75) is 25.3 Å². The van der Waals surface area contributed by atoms with Crippen molar-refractivity contribution in [1.82, 2.24) is 19.4 Å². The topological polar surface area (TPSA) is 99.3 Å². The number of hydrogen-bond acceptors (Lipinski definition) is 6. The summed E-state index contributed by atoms with van der Waals surface area (Å²) in [7, 11) is -0.635. The van der Waals surface area contributed by atoms with Crippen LogP contribution in [-0.2, 0) is 26.1 Å². The first-order valence-electron chi connectivity index (χ1n) is 10.0. The summed E-state index contributed by atoms with van der Waals surface area (Å²) in [4.78, 5) is 28.2. The molecule has 10 heteroatoms. The van der Waals surface area contributed by atoms with Gasteiger partial charge < -0.3 is 15.0 Å². The highest BCUT2D eigenvalue weighted by atomic mass is 32.2. The number of nitrogens with one attached hydrogen (secondary N) is 1. The minimum absolute atomic E-state index is 0.129. The molecule has 0 aromatic heterocycles. The van der Waals surface area contributed by atoms with E-state index in [0.29, 0.717) is 38.3 Å². The van der Waals surface area contributed by atoms with E-state index in [0.717, 1.165) is 4.31 Å². The number of benzene rings is 1. The molecule has 2 rings (SSSR count). The maximum Gasteiger partial charge on any atom is 0.409 e. The minimum Gasteiger partial charge on any atom is -0.449 e. The Labute approximate surface area is 179 Å². The third-order valence-electron chi connectivity index (χ3n) is 4.75. The van der Waals surface area contributed by atoms with Crippen LogP contribution in [0, 0.1) is 5.92 Å². The first kappa shape index (κ1) is 24.1. The van der Waals surface area contributed by atoms with Gasteiger partial charge in [0.15, 0.2) is 0 Å². The minimum atomic E-state index is -3.58. The maximum absolute atomic E-state index is 12.4. The molecular formula is C20H32N4O5S. The Morgan fingerprint density at radius 1 is 1.13 bits per heavy atom. The molecule has 1 aromatic rings. The monoisotopic (exact) mass is 440 g/mol. The second kappa shape index (κ2) is 10.7. The van der Waals surface area contributed by atoms with E-state index in [1.807, 2.05) is 18.7 Å². The molecule has 0 atom stereocenters. The summed E-state index contributed by atoms with van der Waals surface area (Å²) < 4.78 is 31.3. The lowest BCUT2D eigenvalue weighted by Crippen LogP contribution is -2.51. The normalized spacial score (nSPS) is 15.5. The van der Waals surface area contributed by atoms with Gasteiger partial charge in [-0.2, -0.15) is 0 Å². The Morgan fingerprint density at radius 2 is 1.77 bits per heavy atom. The molecule has 1 aliphatic heterocycles. The molecule has 1 aromatic carbocycles. The zero-order valence-corrected chi connectivity index (χ0v) is 18.9. The Kier molecular flexibility index (Phi) is 8.63. The van der Waals surface area contributed by atoms with Crippen LogP contribution in [0.4, 0.5) is 4.79 Å². The Hall–Kier alpha value is -2.17. The van der Waals surface area contributed by atoms with Gasteiger partial charge in [-0.3, -0.25) is 9.69 Å². The average Bonchev–Trinajstić information content (AvgIpc) is 2.71. The van der Waals surface area contributed by atoms with Crippen LogP contribution in [0.3, 0.4) is 0 Å². The average molecular weight is 441 g/mol.